The van der Waals surface area contributed by atoms with E-state index in [-0.39, 0.29) is 0 Å². The zero-order valence-corrected chi connectivity index (χ0v) is 15.1. The number of fused-ring (bicyclic) bond motifs is 5. The van der Waals surface area contributed by atoms with Gasteiger partial charge in [-0.15, -0.1) is 0 Å². The molecule has 0 saturated carbocycles. The summed E-state index contributed by atoms with van der Waals surface area (Å²) in [4.78, 5) is 0. The van der Waals surface area contributed by atoms with Crippen LogP contribution in [-0.4, -0.2) is 0 Å². The summed E-state index contributed by atoms with van der Waals surface area (Å²) in [5, 5.41) is 4.38. The summed E-state index contributed by atoms with van der Waals surface area (Å²) >= 11 is 0. The minimum atomic E-state index is 0.899. The number of benzene rings is 4. The summed E-state index contributed by atoms with van der Waals surface area (Å²) in [6.07, 6.45) is 3.70. The second kappa shape index (κ2) is 5.86. The van der Waals surface area contributed by atoms with Gasteiger partial charge in [0.15, 0.2) is 0 Å². The largest absolute Gasteiger partial charge is 0.463 e. The van der Waals surface area contributed by atoms with Crippen molar-refractivity contribution in [1.82, 2.24) is 0 Å². The standard InChI is InChI=1S/C26H16O2/c1-3-7-17(8-4-1)23-15-27-25-19-12-14-22-24(18-9-5-2-6-10-18)16-28-26(22)20(19)11-13-21(23)25/h1-16H. The van der Waals surface area contributed by atoms with Crippen molar-refractivity contribution in [3.8, 4) is 22.3 Å². The summed E-state index contributed by atoms with van der Waals surface area (Å²) < 4.78 is 12.0. The second-order valence-corrected chi connectivity index (χ2v) is 7.01. The molecule has 0 fully saturated rings. The Morgan fingerprint density at radius 1 is 0.393 bits per heavy atom. The van der Waals surface area contributed by atoms with Crippen LogP contribution in [0, 0.1) is 0 Å². The van der Waals surface area contributed by atoms with E-state index in [0.717, 1.165) is 55.0 Å². The lowest BCUT2D eigenvalue weighted by Gasteiger charge is -2.03. The first-order valence-corrected chi connectivity index (χ1v) is 9.35. The molecule has 2 heterocycles. The number of hydrogen-bond donors (Lipinski definition) is 0. The zero-order valence-electron chi connectivity index (χ0n) is 15.1. The Morgan fingerprint density at radius 3 is 1.21 bits per heavy atom. The Morgan fingerprint density at radius 2 is 0.786 bits per heavy atom. The van der Waals surface area contributed by atoms with Crippen LogP contribution in [0.4, 0.5) is 0 Å². The van der Waals surface area contributed by atoms with E-state index < -0.39 is 0 Å². The van der Waals surface area contributed by atoms with Crippen molar-refractivity contribution in [2.45, 2.75) is 0 Å². The SMILES string of the molecule is c1ccc(-c2coc3c2ccc2c3ccc3c(-c4ccccc4)coc32)cc1. The van der Waals surface area contributed by atoms with E-state index in [9.17, 15) is 0 Å². The molecule has 4 aromatic carbocycles. The summed E-state index contributed by atoms with van der Waals surface area (Å²) in [6, 6.07) is 29.2. The van der Waals surface area contributed by atoms with E-state index in [2.05, 4.69) is 48.5 Å². The van der Waals surface area contributed by atoms with Gasteiger partial charge >= 0.3 is 0 Å². The molecular weight excluding hydrogens is 344 g/mol. The molecule has 0 saturated heterocycles. The van der Waals surface area contributed by atoms with Gasteiger partial charge in [-0.2, -0.15) is 0 Å². The molecule has 28 heavy (non-hydrogen) atoms. The smallest absolute Gasteiger partial charge is 0.142 e. The zero-order chi connectivity index (χ0) is 18.5. The maximum absolute atomic E-state index is 6.02. The van der Waals surface area contributed by atoms with E-state index in [1.54, 1.807) is 0 Å². The summed E-state index contributed by atoms with van der Waals surface area (Å²) in [7, 11) is 0. The van der Waals surface area contributed by atoms with Crippen molar-refractivity contribution < 1.29 is 8.83 Å². The van der Waals surface area contributed by atoms with Gasteiger partial charge in [0, 0.05) is 32.7 Å². The highest BCUT2D eigenvalue weighted by Gasteiger charge is 2.15. The number of furan rings is 2. The lowest BCUT2D eigenvalue weighted by atomic mass is 9.99. The third kappa shape index (κ3) is 2.15. The van der Waals surface area contributed by atoms with Crippen molar-refractivity contribution in [3.63, 3.8) is 0 Å². The quantitative estimate of drug-likeness (QED) is 0.317. The van der Waals surface area contributed by atoms with Crippen LogP contribution in [0.5, 0.6) is 0 Å². The minimum absolute atomic E-state index is 0.899. The van der Waals surface area contributed by atoms with Gasteiger partial charge in [0.05, 0.1) is 12.5 Å². The molecule has 2 aromatic heterocycles. The molecule has 132 valence electrons. The van der Waals surface area contributed by atoms with Crippen molar-refractivity contribution in [2.24, 2.45) is 0 Å². The van der Waals surface area contributed by atoms with Gasteiger partial charge < -0.3 is 8.83 Å². The molecule has 0 unspecified atom stereocenters. The average Bonchev–Trinajstić information content (AvgIpc) is 3.39. The van der Waals surface area contributed by atoms with Crippen LogP contribution in [-0.2, 0) is 0 Å². The second-order valence-electron chi connectivity index (χ2n) is 7.01. The first kappa shape index (κ1) is 15.3. The minimum Gasteiger partial charge on any atom is -0.463 e. The molecule has 0 aliphatic rings. The molecule has 0 spiro atoms. The summed E-state index contributed by atoms with van der Waals surface area (Å²) in [5.41, 5.74) is 6.34. The maximum atomic E-state index is 6.02. The lowest BCUT2D eigenvalue weighted by Crippen LogP contribution is -1.79. The fourth-order valence-corrected chi connectivity index (χ4v) is 4.07. The predicted octanol–water partition coefficient (Wildman–Crippen LogP) is 7.67. The third-order valence-corrected chi connectivity index (χ3v) is 5.44. The van der Waals surface area contributed by atoms with E-state index in [4.69, 9.17) is 8.83 Å². The molecule has 0 aliphatic heterocycles. The van der Waals surface area contributed by atoms with Crippen molar-refractivity contribution in [2.75, 3.05) is 0 Å². The van der Waals surface area contributed by atoms with Crippen LogP contribution in [0.3, 0.4) is 0 Å². The highest BCUT2D eigenvalue weighted by molar-refractivity contribution is 6.18. The molecule has 2 heteroatoms. The first-order chi connectivity index (χ1) is 13.9. The van der Waals surface area contributed by atoms with Crippen molar-refractivity contribution in [3.05, 3.63) is 97.5 Å². The molecule has 0 N–H and O–H groups in total. The Kier molecular flexibility index (Phi) is 3.20. The molecule has 2 nitrogen and oxygen atoms in total. The number of rotatable bonds is 2. The Hall–Kier alpha value is -3.78. The first-order valence-electron chi connectivity index (χ1n) is 9.35. The van der Waals surface area contributed by atoms with E-state index in [0.29, 0.717) is 0 Å². The molecule has 6 aromatic rings. The van der Waals surface area contributed by atoms with Crippen molar-refractivity contribution >= 4 is 32.7 Å². The lowest BCUT2D eigenvalue weighted by molar-refractivity contribution is 0.617. The fourth-order valence-electron chi connectivity index (χ4n) is 4.07. The van der Waals surface area contributed by atoms with Gasteiger partial charge in [-0.25, -0.2) is 0 Å². The van der Waals surface area contributed by atoms with Crippen molar-refractivity contribution in [1.29, 1.82) is 0 Å². The van der Waals surface area contributed by atoms with Crippen LogP contribution >= 0.6 is 0 Å². The fraction of sp³-hybridized carbons (Fsp3) is 0. The van der Waals surface area contributed by atoms with E-state index in [1.165, 1.54) is 0 Å². The van der Waals surface area contributed by atoms with Gasteiger partial charge in [0.1, 0.15) is 11.2 Å². The molecular formula is C26H16O2. The molecule has 0 aliphatic carbocycles. The topological polar surface area (TPSA) is 26.3 Å². The van der Waals surface area contributed by atoms with Gasteiger partial charge in [-0.05, 0) is 35.4 Å². The Balaban J connectivity index is 1.61. The van der Waals surface area contributed by atoms with Gasteiger partial charge in [-0.3, -0.25) is 0 Å². The average molecular weight is 360 g/mol. The normalized spacial score (nSPS) is 11.6. The van der Waals surface area contributed by atoms with Gasteiger partial charge in [0.2, 0.25) is 0 Å². The van der Waals surface area contributed by atoms with E-state index in [1.807, 2.05) is 48.9 Å². The predicted molar refractivity (Wildman–Crippen MR) is 114 cm³/mol. The van der Waals surface area contributed by atoms with Crippen LogP contribution in [0.25, 0.3) is 55.0 Å². The van der Waals surface area contributed by atoms with E-state index >= 15 is 0 Å². The monoisotopic (exact) mass is 360 g/mol. The molecule has 0 radical (unpaired) electrons. The molecule has 0 amide bonds. The van der Waals surface area contributed by atoms with Crippen LogP contribution < -0.4 is 0 Å². The highest BCUT2D eigenvalue weighted by Crippen LogP contribution is 2.40. The summed E-state index contributed by atoms with van der Waals surface area (Å²) in [5.74, 6) is 0. The molecule has 0 atom stereocenters. The highest BCUT2D eigenvalue weighted by atomic mass is 16.3. The molecule has 6 rings (SSSR count). The maximum Gasteiger partial charge on any atom is 0.142 e. The van der Waals surface area contributed by atoms with Crippen LogP contribution in [0.15, 0.2) is 106 Å². The van der Waals surface area contributed by atoms with Crippen LogP contribution in [0.2, 0.25) is 0 Å². The van der Waals surface area contributed by atoms with Crippen LogP contribution in [0.1, 0.15) is 0 Å². The Bertz CT molecular complexity index is 1320. The van der Waals surface area contributed by atoms with Gasteiger partial charge in [-0.1, -0.05) is 60.7 Å². The van der Waals surface area contributed by atoms with Gasteiger partial charge in [0.25, 0.3) is 0 Å². The Labute approximate surface area is 161 Å². The molecule has 0 bridgehead atoms. The third-order valence-electron chi connectivity index (χ3n) is 5.44. The summed E-state index contributed by atoms with van der Waals surface area (Å²) in [6.45, 7) is 0. The number of hydrogen-bond acceptors (Lipinski definition) is 2.